The molecule has 1 aromatic heterocycles. The van der Waals surface area contributed by atoms with Crippen LogP contribution in [0.4, 0.5) is 0 Å². The number of nitrogens with one attached hydrogen (secondary N) is 1. The van der Waals surface area contributed by atoms with Crippen molar-refractivity contribution >= 4 is 0 Å². The molecule has 1 atom stereocenters. The first-order valence-corrected chi connectivity index (χ1v) is 7.05. The Hall–Kier alpha value is -1.61. The number of nitrogens with zero attached hydrogens (tertiary/aromatic N) is 2. The van der Waals surface area contributed by atoms with E-state index in [4.69, 9.17) is 0 Å². The maximum absolute atomic E-state index is 4.48. The standard InChI is InChI=1S/C16H23N3/c1-4-13-8-6-7-9-14(13)15(17-3)12-16-18-10-11-19(16)5-2/h6-11,15,17H,4-5,12H2,1-3H3. The molecule has 0 saturated carbocycles. The van der Waals surface area contributed by atoms with Crippen molar-refractivity contribution < 1.29 is 0 Å². The molecule has 19 heavy (non-hydrogen) atoms. The minimum absolute atomic E-state index is 0.323. The lowest BCUT2D eigenvalue weighted by Gasteiger charge is -2.20. The molecule has 0 aliphatic rings. The largest absolute Gasteiger partial charge is 0.335 e. The van der Waals surface area contributed by atoms with Crippen LogP contribution >= 0.6 is 0 Å². The molecular formula is C16H23N3. The third kappa shape index (κ3) is 3.04. The van der Waals surface area contributed by atoms with Gasteiger partial charge < -0.3 is 9.88 Å². The van der Waals surface area contributed by atoms with Crippen molar-refractivity contribution in [2.75, 3.05) is 7.05 Å². The molecule has 0 aliphatic heterocycles. The Balaban J connectivity index is 2.25. The fraction of sp³-hybridized carbons (Fsp3) is 0.438. The second-order valence-electron chi connectivity index (χ2n) is 4.73. The number of imidazole rings is 1. The molecule has 1 N–H and O–H groups in total. The highest BCUT2D eigenvalue weighted by molar-refractivity contribution is 5.30. The Morgan fingerprint density at radius 3 is 2.74 bits per heavy atom. The Bertz CT molecular complexity index is 516. The monoisotopic (exact) mass is 257 g/mol. The van der Waals surface area contributed by atoms with Gasteiger partial charge in [-0.1, -0.05) is 31.2 Å². The van der Waals surface area contributed by atoms with Crippen LogP contribution in [0.15, 0.2) is 36.7 Å². The Morgan fingerprint density at radius 2 is 2.05 bits per heavy atom. The first kappa shape index (κ1) is 13.8. The van der Waals surface area contributed by atoms with Gasteiger partial charge in [-0.15, -0.1) is 0 Å². The van der Waals surface area contributed by atoms with Crippen molar-refractivity contribution in [2.45, 2.75) is 39.3 Å². The highest BCUT2D eigenvalue weighted by Crippen LogP contribution is 2.21. The van der Waals surface area contributed by atoms with Crippen LogP contribution in [0.3, 0.4) is 0 Å². The van der Waals surface area contributed by atoms with Gasteiger partial charge in [0.15, 0.2) is 0 Å². The van der Waals surface area contributed by atoms with Gasteiger partial charge in [0.2, 0.25) is 0 Å². The molecule has 0 fully saturated rings. The Kier molecular flexibility index (Phi) is 4.74. The number of rotatable bonds is 6. The van der Waals surface area contributed by atoms with Crippen molar-refractivity contribution in [3.63, 3.8) is 0 Å². The van der Waals surface area contributed by atoms with Crippen molar-refractivity contribution in [2.24, 2.45) is 0 Å². The maximum Gasteiger partial charge on any atom is 0.110 e. The average Bonchev–Trinajstić information content (AvgIpc) is 2.92. The summed E-state index contributed by atoms with van der Waals surface area (Å²) in [4.78, 5) is 4.48. The molecular weight excluding hydrogens is 234 g/mol. The summed E-state index contributed by atoms with van der Waals surface area (Å²) in [6.07, 6.45) is 5.93. The quantitative estimate of drug-likeness (QED) is 0.862. The summed E-state index contributed by atoms with van der Waals surface area (Å²) in [5.41, 5.74) is 2.80. The van der Waals surface area contributed by atoms with Gasteiger partial charge in [-0.05, 0) is 31.5 Å². The minimum Gasteiger partial charge on any atom is -0.335 e. The lowest BCUT2D eigenvalue weighted by molar-refractivity contribution is 0.549. The van der Waals surface area contributed by atoms with Crippen molar-refractivity contribution in [3.05, 3.63) is 53.6 Å². The van der Waals surface area contributed by atoms with E-state index in [-0.39, 0.29) is 0 Å². The molecule has 3 nitrogen and oxygen atoms in total. The van der Waals surface area contributed by atoms with Gasteiger partial charge in [0, 0.05) is 31.4 Å². The smallest absolute Gasteiger partial charge is 0.110 e. The summed E-state index contributed by atoms with van der Waals surface area (Å²) in [5, 5.41) is 3.43. The zero-order valence-electron chi connectivity index (χ0n) is 12.1. The predicted molar refractivity (Wildman–Crippen MR) is 79.2 cm³/mol. The minimum atomic E-state index is 0.323. The summed E-state index contributed by atoms with van der Waals surface area (Å²) in [5.74, 6) is 1.15. The number of likely N-dealkylation sites (N-methyl/N-ethyl adjacent to an activating group) is 1. The van der Waals surface area contributed by atoms with E-state index in [2.05, 4.69) is 53.0 Å². The molecule has 0 amide bonds. The average molecular weight is 257 g/mol. The van der Waals surface area contributed by atoms with E-state index in [0.717, 1.165) is 25.2 Å². The van der Waals surface area contributed by atoms with E-state index >= 15 is 0 Å². The molecule has 1 heterocycles. The molecule has 0 aliphatic carbocycles. The molecule has 0 radical (unpaired) electrons. The van der Waals surface area contributed by atoms with E-state index < -0.39 is 0 Å². The van der Waals surface area contributed by atoms with Gasteiger partial charge in [-0.25, -0.2) is 4.98 Å². The van der Waals surface area contributed by atoms with Crippen LogP contribution in [0, 0.1) is 0 Å². The van der Waals surface area contributed by atoms with Crippen molar-refractivity contribution in [1.29, 1.82) is 0 Å². The summed E-state index contributed by atoms with van der Waals surface area (Å²) in [6, 6.07) is 8.99. The highest BCUT2D eigenvalue weighted by Gasteiger charge is 2.15. The van der Waals surface area contributed by atoms with Crippen LogP contribution in [0.5, 0.6) is 0 Å². The zero-order chi connectivity index (χ0) is 13.7. The SMILES string of the molecule is CCc1ccccc1C(Cc1nccn1CC)NC. The number of aromatic nitrogens is 2. The van der Waals surface area contributed by atoms with Gasteiger partial charge in [0.25, 0.3) is 0 Å². The second-order valence-corrected chi connectivity index (χ2v) is 4.73. The summed E-state index contributed by atoms with van der Waals surface area (Å²) in [7, 11) is 2.02. The van der Waals surface area contributed by atoms with E-state index in [1.54, 1.807) is 0 Å². The molecule has 102 valence electrons. The third-order valence-electron chi connectivity index (χ3n) is 3.69. The fourth-order valence-electron chi connectivity index (χ4n) is 2.56. The van der Waals surface area contributed by atoms with E-state index in [0.29, 0.717) is 6.04 Å². The predicted octanol–water partition coefficient (Wildman–Crippen LogP) is 2.97. The van der Waals surface area contributed by atoms with E-state index in [1.165, 1.54) is 11.1 Å². The lowest BCUT2D eigenvalue weighted by atomic mass is 9.96. The highest BCUT2D eigenvalue weighted by atomic mass is 15.1. The number of benzene rings is 1. The van der Waals surface area contributed by atoms with Gasteiger partial charge in [0.1, 0.15) is 5.82 Å². The van der Waals surface area contributed by atoms with Crippen LogP contribution < -0.4 is 5.32 Å². The van der Waals surface area contributed by atoms with Gasteiger partial charge in [0.05, 0.1) is 0 Å². The molecule has 1 aromatic carbocycles. The van der Waals surface area contributed by atoms with Gasteiger partial charge >= 0.3 is 0 Å². The molecule has 0 saturated heterocycles. The molecule has 3 heteroatoms. The van der Waals surface area contributed by atoms with Gasteiger partial charge in [-0.2, -0.15) is 0 Å². The topological polar surface area (TPSA) is 29.9 Å². The van der Waals surface area contributed by atoms with Crippen LogP contribution in [0.2, 0.25) is 0 Å². The third-order valence-corrected chi connectivity index (χ3v) is 3.69. The Morgan fingerprint density at radius 1 is 1.26 bits per heavy atom. The first-order chi connectivity index (χ1) is 9.30. The first-order valence-electron chi connectivity index (χ1n) is 7.05. The molecule has 2 aromatic rings. The maximum atomic E-state index is 4.48. The van der Waals surface area contributed by atoms with Crippen molar-refractivity contribution in [3.8, 4) is 0 Å². The van der Waals surface area contributed by atoms with Crippen LogP contribution in [0.1, 0.15) is 36.8 Å². The normalized spacial score (nSPS) is 12.6. The van der Waals surface area contributed by atoms with Gasteiger partial charge in [-0.3, -0.25) is 0 Å². The summed E-state index contributed by atoms with van der Waals surface area (Å²) in [6.45, 7) is 5.33. The van der Waals surface area contributed by atoms with E-state index in [9.17, 15) is 0 Å². The summed E-state index contributed by atoms with van der Waals surface area (Å²) >= 11 is 0. The van der Waals surface area contributed by atoms with E-state index in [1.807, 2.05) is 19.4 Å². The lowest BCUT2D eigenvalue weighted by Crippen LogP contribution is -2.22. The Labute approximate surface area is 115 Å². The summed E-state index contributed by atoms with van der Waals surface area (Å²) < 4.78 is 2.21. The van der Waals surface area contributed by atoms with Crippen LogP contribution in [-0.4, -0.2) is 16.6 Å². The second kappa shape index (κ2) is 6.53. The number of hydrogen-bond donors (Lipinski definition) is 1. The van der Waals surface area contributed by atoms with Crippen LogP contribution in [-0.2, 0) is 19.4 Å². The zero-order valence-corrected chi connectivity index (χ0v) is 12.1. The molecule has 0 bridgehead atoms. The molecule has 1 unspecified atom stereocenters. The molecule has 0 spiro atoms. The van der Waals surface area contributed by atoms with Crippen LogP contribution in [0.25, 0.3) is 0 Å². The number of aryl methyl sites for hydroxylation is 2. The molecule has 2 rings (SSSR count). The number of hydrogen-bond acceptors (Lipinski definition) is 2. The van der Waals surface area contributed by atoms with Crippen molar-refractivity contribution in [1.82, 2.24) is 14.9 Å². The fourth-order valence-corrected chi connectivity index (χ4v) is 2.56.